The molecule has 0 aliphatic carbocycles. The van der Waals surface area contributed by atoms with Crippen molar-refractivity contribution in [3.63, 3.8) is 0 Å². The number of para-hydroxylation sites is 2. The molecule has 4 rings (SSSR count). The molecule has 0 saturated carbocycles. The summed E-state index contributed by atoms with van der Waals surface area (Å²) in [5.74, 6) is 0.678. The van der Waals surface area contributed by atoms with Crippen LogP contribution in [0.2, 0.25) is 5.02 Å². The van der Waals surface area contributed by atoms with E-state index in [9.17, 15) is 5.26 Å². The standard InChI is InChI=1S/C21H14ClN3S/c22-17-9-7-15(8-10-17)14-25-20-6-2-1-5-19(20)24-21(25)16(13-23)12-18-4-3-11-26-18/h1-12H,14H2. The first-order valence-electron chi connectivity index (χ1n) is 8.10. The lowest BCUT2D eigenvalue weighted by Crippen LogP contribution is -2.04. The van der Waals surface area contributed by atoms with E-state index in [0.717, 1.165) is 21.5 Å². The number of benzene rings is 2. The fourth-order valence-corrected chi connectivity index (χ4v) is 3.66. The Bertz CT molecular complexity index is 1120. The minimum Gasteiger partial charge on any atom is -0.319 e. The molecule has 4 aromatic rings. The predicted octanol–water partition coefficient (Wildman–Crippen LogP) is 5.86. The Balaban J connectivity index is 1.86. The second-order valence-electron chi connectivity index (χ2n) is 5.82. The maximum absolute atomic E-state index is 9.75. The molecular formula is C21H14ClN3S. The Morgan fingerprint density at radius 3 is 2.65 bits per heavy atom. The van der Waals surface area contributed by atoms with Gasteiger partial charge in [0.05, 0.1) is 16.6 Å². The Morgan fingerprint density at radius 2 is 1.92 bits per heavy atom. The molecule has 0 radical (unpaired) electrons. The zero-order valence-electron chi connectivity index (χ0n) is 13.8. The van der Waals surface area contributed by atoms with Crippen molar-refractivity contribution >= 4 is 45.6 Å². The van der Waals surface area contributed by atoms with E-state index in [0.29, 0.717) is 23.0 Å². The third-order valence-corrected chi connectivity index (χ3v) is 5.17. The maximum Gasteiger partial charge on any atom is 0.152 e. The van der Waals surface area contributed by atoms with Crippen molar-refractivity contribution in [1.82, 2.24) is 9.55 Å². The van der Waals surface area contributed by atoms with E-state index in [4.69, 9.17) is 16.6 Å². The summed E-state index contributed by atoms with van der Waals surface area (Å²) in [7, 11) is 0. The van der Waals surface area contributed by atoms with E-state index in [2.05, 4.69) is 10.6 Å². The average molecular weight is 376 g/mol. The van der Waals surface area contributed by atoms with Crippen LogP contribution in [0.1, 0.15) is 16.3 Å². The van der Waals surface area contributed by atoms with E-state index in [1.165, 1.54) is 0 Å². The number of hydrogen-bond acceptors (Lipinski definition) is 3. The fourth-order valence-electron chi connectivity index (χ4n) is 2.88. The van der Waals surface area contributed by atoms with Gasteiger partial charge in [0.15, 0.2) is 5.82 Å². The van der Waals surface area contributed by atoms with Gasteiger partial charge in [-0.2, -0.15) is 5.26 Å². The van der Waals surface area contributed by atoms with E-state index in [1.807, 2.05) is 72.1 Å². The molecule has 2 aromatic heterocycles. The molecule has 2 heterocycles. The Kier molecular flexibility index (Phi) is 4.57. The minimum absolute atomic E-state index is 0.553. The van der Waals surface area contributed by atoms with Crippen LogP contribution in [0.4, 0.5) is 0 Å². The van der Waals surface area contributed by atoms with E-state index >= 15 is 0 Å². The third-order valence-electron chi connectivity index (χ3n) is 4.10. The van der Waals surface area contributed by atoms with E-state index in [-0.39, 0.29) is 0 Å². The summed E-state index contributed by atoms with van der Waals surface area (Å²) in [6.07, 6.45) is 1.89. The first-order chi connectivity index (χ1) is 12.7. The van der Waals surface area contributed by atoms with Crippen LogP contribution in [0.15, 0.2) is 66.0 Å². The number of aromatic nitrogens is 2. The lowest BCUT2D eigenvalue weighted by Gasteiger charge is -2.09. The molecule has 2 aromatic carbocycles. The summed E-state index contributed by atoms with van der Waals surface area (Å²) in [4.78, 5) is 5.76. The number of rotatable bonds is 4. The number of nitriles is 1. The van der Waals surface area contributed by atoms with Gasteiger partial charge in [0, 0.05) is 16.4 Å². The number of allylic oxidation sites excluding steroid dienone is 1. The maximum atomic E-state index is 9.75. The highest BCUT2D eigenvalue weighted by molar-refractivity contribution is 7.10. The van der Waals surface area contributed by atoms with Gasteiger partial charge in [-0.05, 0) is 47.4 Å². The van der Waals surface area contributed by atoms with Crippen LogP contribution < -0.4 is 0 Å². The van der Waals surface area contributed by atoms with Gasteiger partial charge >= 0.3 is 0 Å². The van der Waals surface area contributed by atoms with Crippen LogP contribution in [0.25, 0.3) is 22.7 Å². The second kappa shape index (κ2) is 7.17. The molecule has 0 N–H and O–H groups in total. The van der Waals surface area contributed by atoms with Crippen LogP contribution in [0.3, 0.4) is 0 Å². The molecular weight excluding hydrogens is 362 g/mol. The predicted molar refractivity (Wildman–Crippen MR) is 108 cm³/mol. The van der Waals surface area contributed by atoms with Gasteiger partial charge in [0.2, 0.25) is 0 Å². The highest BCUT2D eigenvalue weighted by atomic mass is 35.5. The lowest BCUT2D eigenvalue weighted by atomic mass is 10.2. The molecule has 0 aliphatic rings. The third kappa shape index (κ3) is 3.28. The molecule has 126 valence electrons. The summed E-state index contributed by atoms with van der Waals surface area (Å²) < 4.78 is 2.08. The largest absolute Gasteiger partial charge is 0.319 e. The zero-order chi connectivity index (χ0) is 17.9. The van der Waals surface area contributed by atoms with Gasteiger partial charge < -0.3 is 4.57 Å². The van der Waals surface area contributed by atoms with Crippen molar-refractivity contribution in [3.05, 3.63) is 87.3 Å². The molecule has 5 heteroatoms. The van der Waals surface area contributed by atoms with Crippen molar-refractivity contribution in [2.75, 3.05) is 0 Å². The number of fused-ring (bicyclic) bond motifs is 1. The van der Waals surface area contributed by atoms with Crippen LogP contribution in [-0.4, -0.2) is 9.55 Å². The van der Waals surface area contributed by atoms with E-state index < -0.39 is 0 Å². The normalized spacial score (nSPS) is 11.6. The van der Waals surface area contributed by atoms with Crippen molar-refractivity contribution in [2.24, 2.45) is 0 Å². The molecule has 0 atom stereocenters. The van der Waals surface area contributed by atoms with Crippen molar-refractivity contribution < 1.29 is 0 Å². The molecule has 0 aliphatic heterocycles. The molecule has 0 bridgehead atoms. The topological polar surface area (TPSA) is 41.6 Å². The summed E-state index contributed by atoms with van der Waals surface area (Å²) in [6, 6.07) is 22.0. The number of nitrogens with zero attached hydrogens (tertiary/aromatic N) is 3. The molecule has 0 fully saturated rings. The van der Waals surface area contributed by atoms with Gasteiger partial charge in [-0.3, -0.25) is 0 Å². The van der Waals surface area contributed by atoms with Crippen LogP contribution in [-0.2, 0) is 6.54 Å². The van der Waals surface area contributed by atoms with Crippen molar-refractivity contribution in [3.8, 4) is 6.07 Å². The van der Waals surface area contributed by atoms with Crippen LogP contribution in [0, 0.1) is 11.3 Å². The van der Waals surface area contributed by atoms with Gasteiger partial charge in [0.1, 0.15) is 6.07 Å². The Morgan fingerprint density at radius 1 is 1.12 bits per heavy atom. The van der Waals surface area contributed by atoms with E-state index in [1.54, 1.807) is 11.3 Å². The fraction of sp³-hybridized carbons (Fsp3) is 0.0476. The minimum atomic E-state index is 0.553. The molecule has 26 heavy (non-hydrogen) atoms. The zero-order valence-corrected chi connectivity index (χ0v) is 15.3. The average Bonchev–Trinajstić information content (AvgIpc) is 3.30. The lowest BCUT2D eigenvalue weighted by molar-refractivity contribution is 0.811. The molecule has 0 unspecified atom stereocenters. The van der Waals surface area contributed by atoms with Crippen molar-refractivity contribution in [1.29, 1.82) is 5.26 Å². The summed E-state index contributed by atoms with van der Waals surface area (Å²) >= 11 is 7.60. The monoisotopic (exact) mass is 375 g/mol. The summed E-state index contributed by atoms with van der Waals surface area (Å²) in [6.45, 7) is 0.622. The molecule has 0 saturated heterocycles. The Labute approximate surface area is 160 Å². The van der Waals surface area contributed by atoms with Gasteiger partial charge in [-0.15, -0.1) is 11.3 Å². The summed E-state index contributed by atoms with van der Waals surface area (Å²) in [5, 5.41) is 12.5. The smallest absolute Gasteiger partial charge is 0.152 e. The van der Waals surface area contributed by atoms with Gasteiger partial charge in [0.25, 0.3) is 0 Å². The number of imidazole rings is 1. The van der Waals surface area contributed by atoms with Crippen molar-refractivity contribution in [2.45, 2.75) is 6.54 Å². The second-order valence-corrected chi connectivity index (χ2v) is 7.24. The van der Waals surface area contributed by atoms with Gasteiger partial charge in [-0.25, -0.2) is 4.98 Å². The number of thiophene rings is 1. The number of hydrogen-bond donors (Lipinski definition) is 0. The molecule has 0 amide bonds. The molecule has 3 nitrogen and oxygen atoms in total. The quantitative estimate of drug-likeness (QED) is 0.419. The molecule has 0 spiro atoms. The SMILES string of the molecule is N#CC(=Cc1cccs1)c1nc2ccccc2n1Cc1ccc(Cl)cc1. The summed E-state index contributed by atoms with van der Waals surface area (Å²) in [5.41, 5.74) is 3.54. The van der Waals surface area contributed by atoms with Crippen LogP contribution >= 0.6 is 22.9 Å². The highest BCUT2D eigenvalue weighted by Crippen LogP contribution is 2.25. The Hall–Kier alpha value is -2.87. The highest BCUT2D eigenvalue weighted by Gasteiger charge is 2.15. The van der Waals surface area contributed by atoms with Gasteiger partial charge in [-0.1, -0.05) is 41.9 Å². The van der Waals surface area contributed by atoms with Crippen LogP contribution in [0.5, 0.6) is 0 Å². The first-order valence-corrected chi connectivity index (χ1v) is 9.36. The first kappa shape index (κ1) is 16.6. The number of halogens is 1.